The van der Waals surface area contributed by atoms with Gasteiger partial charge >= 0.3 is 0 Å². The molecule has 0 spiro atoms. The molecule has 0 unspecified atom stereocenters. The first-order valence-electron chi connectivity index (χ1n) is 8.38. The zero-order chi connectivity index (χ0) is 19.2. The Hall–Kier alpha value is -3.18. The van der Waals surface area contributed by atoms with Crippen molar-refractivity contribution >= 4 is 34.7 Å². The molecule has 1 aromatic heterocycles. The molecule has 5 nitrogen and oxygen atoms in total. The number of halogens is 1. The van der Waals surface area contributed by atoms with Crippen LogP contribution < -0.4 is 10.6 Å². The summed E-state index contributed by atoms with van der Waals surface area (Å²) in [5.74, 6) is -0.270. The number of carbonyl (C=O) groups is 2. The van der Waals surface area contributed by atoms with E-state index < -0.39 is 0 Å². The van der Waals surface area contributed by atoms with Crippen molar-refractivity contribution in [2.45, 2.75) is 13.5 Å². The Morgan fingerprint density at radius 1 is 1.00 bits per heavy atom. The van der Waals surface area contributed by atoms with Crippen molar-refractivity contribution in [1.29, 1.82) is 0 Å². The fraction of sp³-hybridized carbons (Fsp3) is 0.0952. The van der Waals surface area contributed by atoms with Crippen LogP contribution in [0, 0.1) is 0 Å². The lowest BCUT2D eigenvalue weighted by atomic mass is 10.1. The van der Waals surface area contributed by atoms with Crippen LogP contribution in [0.5, 0.6) is 0 Å². The van der Waals surface area contributed by atoms with E-state index in [1.807, 2.05) is 30.3 Å². The number of ketones is 1. The minimum absolute atomic E-state index is 0.0166. The maximum Gasteiger partial charge on any atom is 0.270 e. The summed E-state index contributed by atoms with van der Waals surface area (Å²) in [4.78, 5) is 27.8. The lowest BCUT2D eigenvalue weighted by molar-refractivity contribution is 0.0945. The van der Waals surface area contributed by atoms with Gasteiger partial charge in [-0.05, 0) is 55.0 Å². The number of anilines is 2. The van der Waals surface area contributed by atoms with Crippen molar-refractivity contribution in [3.8, 4) is 0 Å². The highest BCUT2D eigenvalue weighted by Gasteiger charge is 2.09. The maximum absolute atomic E-state index is 12.4. The van der Waals surface area contributed by atoms with E-state index >= 15 is 0 Å². The van der Waals surface area contributed by atoms with Crippen LogP contribution in [-0.2, 0) is 6.54 Å². The van der Waals surface area contributed by atoms with Gasteiger partial charge in [-0.2, -0.15) is 0 Å². The summed E-state index contributed by atoms with van der Waals surface area (Å²) < 4.78 is 0. The maximum atomic E-state index is 12.4. The van der Waals surface area contributed by atoms with Gasteiger partial charge in [-0.25, -0.2) is 0 Å². The molecule has 2 N–H and O–H groups in total. The van der Waals surface area contributed by atoms with Gasteiger partial charge in [0.2, 0.25) is 0 Å². The number of benzene rings is 2. The van der Waals surface area contributed by atoms with Gasteiger partial charge in [0.1, 0.15) is 5.69 Å². The molecule has 0 fully saturated rings. The van der Waals surface area contributed by atoms with E-state index in [0.29, 0.717) is 22.8 Å². The van der Waals surface area contributed by atoms with Crippen LogP contribution in [-0.4, -0.2) is 16.7 Å². The minimum atomic E-state index is -0.287. The predicted octanol–water partition coefficient (Wildman–Crippen LogP) is 4.61. The SMILES string of the molecule is CC(=O)c1ccc(Nc2ccnc(C(=O)NCc3ccccc3Cl)c2)cc1. The van der Waals surface area contributed by atoms with Gasteiger partial charge in [0.05, 0.1) is 0 Å². The molecule has 1 amide bonds. The number of pyridine rings is 1. The average molecular weight is 380 g/mol. The number of aromatic nitrogens is 1. The number of nitrogens with one attached hydrogen (secondary N) is 2. The van der Waals surface area contributed by atoms with E-state index in [9.17, 15) is 9.59 Å². The standard InChI is InChI=1S/C21H18ClN3O2/c1-14(26)15-6-8-17(9-7-15)25-18-10-11-23-20(12-18)21(27)24-13-16-4-2-3-5-19(16)22/h2-12H,13H2,1H3,(H,23,25)(H,24,27). The third-order valence-corrected chi connectivity index (χ3v) is 4.34. The smallest absolute Gasteiger partial charge is 0.270 e. The average Bonchev–Trinajstić information content (AvgIpc) is 2.68. The van der Waals surface area contributed by atoms with Crippen molar-refractivity contribution in [3.05, 3.63) is 88.7 Å². The molecule has 0 saturated carbocycles. The Morgan fingerprint density at radius 3 is 2.44 bits per heavy atom. The van der Waals surface area contributed by atoms with Crippen LogP contribution in [0.15, 0.2) is 66.9 Å². The van der Waals surface area contributed by atoms with Crippen molar-refractivity contribution in [2.75, 3.05) is 5.32 Å². The van der Waals surface area contributed by atoms with E-state index in [-0.39, 0.29) is 11.7 Å². The molecule has 3 rings (SSSR count). The fourth-order valence-electron chi connectivity index (χ4n) is 2.50. The van der Waals surface area contributed by atoms with E-state index in [1.54, 1.807) is 36.5 Å². The van der Waals surface area contributed by atoms with E-state index in [1.165, 1.54) is 6.92 Å². The quantitative estimate of drug-likeness (QED) is 0.613. The van der Waals surface area contributed by atoms with Gasteiger partial charge in [0.25, 0.3) is 5.91 Å². The van der Waals surface area contributed by atoms with Gasteiger partial charge in [-0.15, -0.1) is 0 Å². The summed E-state index contributed by atoms with van der Waals surface area (Å²) in [6, 6.07) is 17.9. The van der Waals surface area contributed by atoms with Crippen LogP contribution in [0.2, 0.25) is 5.02 Å². The normalized spacial score (nSPS) is 10.3. The van der Waals surface area contributed by atoms with Crippen molar-refractivity contribution < 1.29 is 9.59 Å². The number of carbonyl (C=O) groups excluding carboxylic acids is 2. The van der Waals surface area contributed by atoms with Gasteiger partial charge in [-0.1, -0.05) is 29.8 Å². The molecule has 0 atom stereocenters. The summed E-state index contributed by atoms with van der Waals surface area (Å²) in [5.41, 5.74) is 3.33. The highest BCUT2D eigenvalue weighted by Crippen LogP contribution is 2.18. The zero-order valence-electron chi connectivity index (χ0n) is 14.7. The highest BCUT2D eigenvalue weighted by molar-refractivity contribution is 6.31. The topological polar surface area (TPSA) is 71.1 Å². The third-order valence-electron chi connectivity index (χ3n) is 3.97. The predicted molar refractivity (Wildman–Crippen MR) is 107 cm³/mol. The number of Topliss-reactive ketones (excluding diaryl/α,β-unsaturated/α-hetero) is 1. The Balaban J connectivity index is 1.66. The number of hydrogen-bond acceptors (Lipinski definition) is 4. The Morgan fingerprint density at radius 2 is 1.74 bits per heavy atom. The third kappa shape index (κ3) is 4.92. The Labute approximate surface area is 162 Å². The molecule has 0 saturated heterocycles. The summed E-state index contributed by atoms with van der Waals surface area (Å²) in [6.45, 7) is 1.85. The lowest BCUT2D eigenvalue weighted by Gasteiger charge is -2.09. The summed E-state index contributed by atoms with van der Waals surface area (Å²) >= 11 is 6.10. The summed E-state index contributed by atoms with van der Waals surface area (Å²) in [5, 5.41) is 6.62. The first kappa shape index (κ1) is 18.6. The van der Waals surface area contributed by atoms with E-state index in [4.69, 9.17) is 11.6 Å². The molecule has 136 valence electrons. The van der Waals surface area contributed by atoms with Gasteiger partial charge in [0.15, 0.2) is 5.78 Å². The molecule has 1 heterocycles. The molecule has 3 aromatic rings. The minimum Gasteiger partial charge on any atom is -0.355 e. The Kier molecular flexibility index (Phi) is 5.84. The molecular weight excluding hydrogens is 362 g/mol. The monoisotopic (exact) mass is 379 g/mol. The molecule has 0 radical (unpaired) electrons. The largest absolute Gasteiger partial charge is 0.355 e. The number of rotatable bonds is 6. The second kappa shape index (κ2) is 8.47. The summed E-state index contributed by atoms with van der Waals surface area (Å²) in [6.07, 6.45) is 1.57. The Bertz CT molecular complexity index is 971. The van der Waals surface area contributed by atoms with Gasteiger partial charge in [0, 0.05) is 34.7 Å². The molecule has 0 aliphatic rings. The van der Waals surface area contributed by atoms with E-state index in [0.717, 1.165) is 16.9 Å². The fourth-order valence-corrected chi connectivity index (χ4v) is 2.70. The number of hydrogen-bond donors (Lipinski definition) is 2. The van der Waals surface area contributed by atoms with Crippen LogP contribution in [0.3, 0.4) is 0 Å². The summed E-state index contributed by atoms with van der Waals surface area (Å²) in [7, 11) is 0. The van der Waals surface area contributed by atoms with Gasteiger partial charge in [-0.3, -0.25) is 14.6 Å². The molecule has 6 heteroatoms. The number of amides is 1. The molecule has 0 aliphatic heterocycles. The van der Waals surface area contributed by atoms with Crippen LogP contribution >= 0.6 is 11.6 Å². The molecule has 2 aromatic carbocycles. The van der Waals surface area contributed by atoms with Gasteiger partial charge < -0.3 is 10.6 Å². The highest BCUT2D eigenvalue weighted by atomic mass is 35.5. The first-order valence-corrected chi connectivity index (χ1v) is 8.76. The van der Waals surface area contributed by atoms with Crippen molar-refractivity contribution in [3.63, 3.8) is 0 Å². The van der Waals surface area contributed by atoms with Crippen molar-refractivity contribution in [1.82, 2.24) is 10.3 Å². The van der Waals surface area contributed by atoms with Crippen LogP contribution in [0.1, 0.15) is 33.3 Å². The first-order chi connectivity index (χ1) is 13.0. The molecule has 0 aliphatic carbocycles. The second-order valence-corrected chi connectivity index (χ2v) is 6.37. The van der Waals surface area contributed by atoms with Crippen LogP contribution in [0.25, 0.3) is 0 Å². The van der Waals surface area contributed by atoms with Crippen molar-refractivity contribution in [2.24, 2.45) is 0 Å². The molecule has 0 bridgehead atoms. The lowest BCUT2D eigenvalue weighted by Crippen LogP contribution is -2.24. The molecule has 27 heavy (non-hydrogen) atoms. The molecular formula is C21H18ClN3O2. The zero-order valence-corrected chi connectivity index (χ0v) is 15.5. The van der Waals surface area contributed by atoms with Crippen LogP contribution in [0.4, 0.5) is 11.4 Å². The number of nitrogens with zero attached hydrogens (tertiary/aromatic N) is 1. The second-order valence-electron chi connectivity index (χ2n) is 5.96. The van der Waals surface area contributed by atoms with E-state index in [2.05, 4.69) is 15.6 Å².